The number of benzene rings is 2. The SMILES string of the molecule is CCOc1ccccc1C1=NC(C=O)c2c(C)nn(-c3ccccc3)c2N1. The average Bonchev–Trinajstić information content (AvgIpc) is 3.05. The Bertz CT molecular complexity index is 1010. The average molecular weight is 360 g/mol. The predicted octanol–water partition coefficient (Wildman–Crippen LogP) is 3.69. The van der Waals surface area contributed by atoms with Gasteiger partial charge in [0.15, 0.2) is 0 Å². The van der Waals surface area contributed by atoms with Gasteiger partial charge in [-0.15, -0.1) is 0 Å². The fraction of sp³-hybridized carbons (Fsp3) is 0.190. The maximum absolute atomic E-state index is 11.8. The molecule has 1 aromatic heterocycles. The second kappa shape index (κ2) is 7.07. The second-order valence-electron chi connectivity index (χ2n) is 6.21. The van der Waals surface area contributed by atoms with E-state index in [0.29, 0.717) is 12.4 Å². The lowest BCUT2D eigenvalue weighted by atomic mass is 10.0. The predicted molar refractivity (Wildman–Crippen MR) is 105 cm³/mol. The molecule has 2 heterocycles. The van der Waals surface area contributed by atoms with E-state index < -0.39 is 6.04 Å². The zero-order chi connectivity index (χ0) is 18.8. The van der Waals surface area contributed by atoms with Crippen molar-refractivity contribution in [2.24, 2.45) is 4.99 Å². The van der Waals surface area contributed by atoms with Crippen molar-refractivity contribution in [2.45, 2.75) is 19.9 Å². The van der Waals surface area contributed by atoms with Crippen LogP contribution in [0.2, 0.25) is 0 Å². The van der Waals surface area contributed by atoms with E-state index in [0.717, 1.165) is 40.4 Å². The first-order valence-corrected chi connectivity index (χ1v) is 8.90. The molecule has 0 saturated heterocycles. The van der Waals surface area contributed by atoms with E-state index >= 15 is 0 Å². The number of aromatic nitrogens is 2. The molecule has 3 aromatic rings. The van der Waals surface area contributed by atoms with Gasteiger partial charge >= 0.3 is 0 Å². The maximum atomic E-state index is 11.8. The Kier molecular flexibility index (Phi) is 4.46. The summed E-state index contributed by atoms with van der Waals surface area (Å²) in [5.41, 5.74) is 3.31. The number of fused-ring (bicyclic) bond motifs is 1. The highest BCUT2D eigenvalue weighted by Gasteiger charge is 2.30. The number of nitrogens with zero attached hydrogens (tertiary/aromatic N) is 3. The topological polar surface area (TPSA) is 68.5 Å². The molecule has 136 valence electrons. The number of nitrogens with one attached hydrogen (secondary N) is 1. The van der Waals surface area contributed by atoms with Crippen molar-refractivity contribution in [1.82, 2.24) is 9.78 Å². The molecule has 0 radical (unpaired) electrons. The number of carbonyl (C=O) groups excluding carboxylic acids is 1. The molecule has 0 aliphatic carbocycles. The maximum Gasteiger partial charge on any atom is 0.149 e. The lowest BCUT2D eigenvalue weighted by molar-refractivity contribution is -0.108. The Morgan fingerprint density at radius 2 is 1.89 bits per heavy atom. The molecule has 0 fully saturated rings. The number of aryl methyl sites for hydroxylation is 1. The number of amidine groups is 1. The lowest BCUT2D eigenvalue weighted by Gasteiger charge is -2.22. The molecule has 6 heteroatoms. The Balaban J connectivity index is 1.84. The van der Waals surface area contributed by atoms with Crippen LogP contribution in [0.3, 0.4) is 0 Å². The van der Waals surface area contributed by atoms with Crippen LogP contribution in [0.5, 0.6) is 5.75 Å². The van der Waals surface area contributed by atoms with Gasteiger partial charge in [-0.1, -0.05) is 30.3 Å². The zero-order valence-corrected chi connectivity index (χ0v) is 15.2. The minimum Gasteiger partial charge on any atom is -0.493 e. The fourth-order valence-electron chi connectivity index (χ4n) is 3.30. The first-order chi connectivity index (χ1) is 13.2. The van der Waals surface area contributed by atoms with Crippen molar-refractivity contribution in [2.75, 3.05) is 11.9 Å². The molecular formula is C21H20N4O2. The summed E-state index contributed by atoms with van der Waals surface area (Å²) >= 11 is 0. The first kappa shape index (κ1) is 17.0. The number of hydrogen-bond acceptors (Lipinski definition) is 5. The summed E-state index contributed by atoms with van der Waals surface area (Å²) in [7, 11) is 0. The van der Waals surface area contributed by atoms with Crippen LogP contribution in [0.15, 0.2) is 59.6 Å². The van der Waals surface area contributed by atoms with E-state index in [1.54, 1.807) is 0 Å². The van der Waals surface area contributed by atoms with Crippen LogP contribution in [0, 0.1) is 6.92 Å². The monoisotopic (exact) mass is 360 g/mol. The van der Waals surface area contributed by atoms with Crippen molar-refractivity contribution < 1.29 is 9.53 Å². The molecule has 27 heavy (non-hydrogen) atoms. The molecule has 1 unspecified atom stereocenters. The van der Waals surface area contributed by atoms with Gasteiger partial charge in [0.1, 0.15) is 29.7 Å². The third-order valence-electron chi connectivity index (χ3n) is 4.48. The van der Waals surface area contributed by atoms with Gasteiger partial charge in [-0.05, 0) is 38.1 Å². The molecule has 1 N–H and O–H groups in total. The van der Waals surface area contributed by atoms with E-state index in [-0.39, 0.29) is 0 Å². The van der Waals surface area contributed by atoms with Crippen LogP contribution in [-0.4, -0.2) is 28.5 Å². The van der Waals surface area contributed by atoms with Gasteiger partial charge in [-0.25, -0.2) is 4.68 Å². The minimum atomic E-state index is -0.608. The summed E-state index contributed by atoms with van der Waals surface area (Å²) < 4.78 is 7.55. The summed E-state index contributed by atoms with van der Waals surface area (Å²) in [5, 5.41) is 8.01. The number of rotatable bonds is 5. The van der Waals surface area contributed by atoms with Crippen molar-refractivity contribution in [1.29, 1.82) is 0 Å². The van der Waals surface area contributed by atoms with Gasteiger partial charge in [0.25, 0.3) is 0 Å². The Morgan fingerprint density at radius 3 is 2.63 bits per heavy atom. The summed E-state index contributed by atoms with van der Waals surface area (Å²) in [6, 6.07) is 16.9. The summed E-state index contributed by atoms with van der Waals surface area (Å²) in [6.45, 7) is 4.38. The molecule has 0 spiro atoms. The van der Waals surface area contributed by atoms with Gasteiger partial charge in [-0.3, -0.25) is 4.99 Å². The van der Waals surface area contributed by atoms with Gasteiger partial charge < -0.3 is 14.8 Å². The van der Waals surface area contributed by atoms with Gasteiger partial charge in [-0.2, -0.15) is 5.10 Å². The number of carbonyl (C=O) groups is 1. The highest BCUT2D eigenvalue weighted by molar-refractivity contribution is 6.12. The van der Waals surface area contributed by atoms with Crippen LogP contribution in [0.1, 0.15) is 29.8 Å². The van der Waals surface area contributed by atoms with Crippen molar-refractivity contribution in [3.8, 4) is 11.4 Å². The Morgan fingerprint density at radius 1 is 1.15 bits per heavy atom. The normalized spacial score (nSPS) is 15.5. The van der Waals surface area contributed by atoms with Crippen molar-refractivity contribution >= 4 is 17.9 Å². The van der Waals surface area contributed by atoms with E-state index in [9.17, 15) is 4.79 Å². The lowest BCUT2D eigenvalue weighted by Crippen LogP contribution is -2.24. The molecular weight excluding hydrogens is 340 g/mol. The highest BCUT2D eigenvalue weighted by atomic mass is 16.5. The molecule has 1 atom stereocenters. The number of aliphatic imine (C=N–C) groups is 1. The highest BCUT2D eigenvalue weighted by Crippen LogP contribution is 2.35. The Hall–Kier alpha value is -3.41. The molecule has 0 amide bonds. The summed E-state index contributed by atoms with van der Waals surface area (Å²) in [6.07, 6.45) is 0.854. The quantitative estimate of drug-likeness (QED) is 0.705. The van der Waals surface area contributed by atoms with Crippen molar-refractivity contribution in [3.63, 3.8) is 0 Å². The van der Waals surface area contributed by atoms with Gasteiger partial charge in [0.05, 0.1) is 23.6 Å². The number of para-hydroxylation sites is 2. The molecule has 6 nitrogen and oxygen atoms in total. The number of ether oxygens (including phenoxy) is 1. The van der Waals surface area contributed by atoms with E-state index in [1.165, 1.54) is 0 Å². The second-order valence-corrected chi connectivity index (χ2v) is 6.21. The zero-order valence-electron chi connectivity index (χ0n) is 15.2. The van der Waals surface area contributed by atoms with Gasteiger partial charge in [0, 0.05) is 5.56 Å². The van der Waals surface area contributed by atoms with Crippen LogP contribution < -0.4 is 10.1 Å². The smallest absolute Gasteiger partial charge is 0.149 e. The van der Waals surface area contributed by atoms with Crippen LogP contribution >= 0.6 is 0 Å². The number of hydrogen-bond donors (Lipinski definition) is 1. The molecule has 0 saturated carbocycles. The minimum absolute atomic E-state index is 0.549. The number of anilines is 1. The van der Waals surface area contributed by atoms with Crippen LogP contribution in [-0.2, 0) is 4.79 Å². The third kappa shape index (κ3) is 2.99. The first-order valence-electron chi connectivity index (χ1n) is 8.90. The molecule has 4 rings (SSSR count). The molecule has 2 aromatic carbocycles. The van der Waals surface area contributed by atoms with Crippen LogP contribution in [0.25, 0.3) is 5.69 Å². The number of aldehydes is 1. The fourth-order valence-corrected chi connectivity index (χ4v) is 3.30. The Labute approximate surface area is 157 Å². The summed E-state index contributed by atoms with van der Waals surface area (Å²) in [4.78, 5) is 16.4. The van der Waals surface area contributed by atoms with E-state index in [2.05, 4.69) is 15.4 Å². The molecule has 1 aliphatic heterocycles. The third-order valence-corrected chi connectivity index (χ3v) is 4.48. The standard InChI is InChI=1S/C21H20N4O2/c1-3-27-18-12-8-7-11-16(18)20-22-17(13-26)19-14(2)24-25(21(19)23-20)15-9-5-4-6-10-15/h4-13,17H,3H2,1-2H3,(H,22,23). The van der Waals surface area contributed by atoms with Gasteiger partial charge in [0.2, 0.25) is 0 Å². The van der Waals surface area contributed by atoms with Crippen LogP contribution in [0.4, 0.5) is 5.82 Å². The summed E-state index contributed by atoms with van der Waals surface area (Å²) in [5.74, 6) is 2.08. The molecule has 1 aliphatic rings. The van der Waals surface area contributed by atoms with E-state index in [4.69, 9.17) is 4.74 Å². The van der Waals surface area contributed by atoms with E-state index in [1.807, 2.05) is 73.1 Å². The van der Waals surface area contributed by atoms with Crippen molar-refractivity contribution in [3.05, 3.63) is 71.4 Å². The largest absolute Gasteiger partial charge is 0.493 e. The molecule has 0 bridgehead atoms.